The molecule has 0 radical (unpaired) electrons. The van der Waals surface area contributed by atoms with Crippen LogP contribution >= 0.6 is 8.46 Å². The molecule has 0 bridgehead atoms. The first kappa shape index (κ1) is 14.6. The summed E-state index contributed by atoms with van der Waals surface area (Å²) in [4.78, 5) is 0. The van der Waals surface area contributed by atoms with Crippen LogP contribution in [0.4, 0.5) is 0 Å². The van der Waals surface area contributed by atoms with Crippen molar-refractivity contribution in [2.24, 2.45) is 5.92 Å². The number of aliphatic hydroxyl groups is 1. The molecule has 1 unspecified atom stereocenters. The van der Waals surface area contributed by atoms with Gasteiger partial charge in [-0.1, -0.05) is 37.3 Å². The Morgan fingerprint density at radius 2 is 2.11 bits per heavy atom. The van der Waals surface area contributed by atoms with Gasteiger partial charge in [-0.25, -0.2) is 0 Å². The summed E-state index contributed by atoms with van der Waals surface area (Å²) < 4.78 is 21.7. The zero-order valence-corrected chi connectivity index (χ0v) is 11.8. The van der Waals surface area contributed by atoms with Gasteiger partial charge in [-0.05, 0) is 12.0 Å². The van der Waals surface area contributed by atoms with Crippen molar-refractivity contribution in [1.29, 1.82) is 0 Å². The van der Waals surface area contributed by atoms with Gasteiger partial charge in [0.15, 0.2) is 14.8 Å². The molecule has 4 nitrogen and oxygen atoms in total. The van der Waals surface area contributed by atoms with E-state index in [0.29, 0.717) is 19.2 Å². The number of hydrogen-bond acceptors (Lipinski definition) is 4. The molecule has 1 aliphatic rings. The molecule has 2 rings (SSSR count). The number of ether oxygens (including phenoxy) is 2. The third-order valence-electron chi connectivity index (χ3n) is 3.49. The Balaban J connectivity index is 1.87. The van der Waals surface area contributed by atoms with Gasteiger partial charge in [-0.2, -0.15) is 0 Å². The third kappa shape index (κ3) is 3.83. The zero-order chi connectivity index (χ0) is 13.7. The van der Waals surface area contributed by atoms with Crippen LogP contribution in [-0.2, 0) is 20.6 Å². The van der Waals surface area contributed by atoms with E-state index in [-0.39, 0.29) is 26.6 Å². The van der Waals surface area contributed by atoms with Gasteiger partial charge >= 0.3 is 0 Å². The molecule has 1 aromatic carbocycles. The second-order valence-electron chi connectivity index (χ2n) is 4.83. The van der Waals surface area contributed by atoms with Crippen LogP contribution < -0.4 is 0 Å². The van der Waals surface area contributed by atoms with E-state index < -0.39 is 6.29 Å². The predicted molar refractivity (Wildman–Crippen MR) is 72.2 cm³/mol. The van der Waals surface area contributed by atoms with Crippen LogP contribution in [0.2, 0.25) is 0 Å². The Bertz CT molecular complexity index is 398. The van der Waals surface area contributed by atoms with E-state index in [4.69, 9.17) is 9.47 Å². The normalized spacial score (nSPS) is 30.8. The fourth-order valence-electron chi connectivity index (χ4n) is 2.36. The van der Waals surface area contributed by atoms with Crippen molar-refractivity contribution in [3.63, 3.8) is 0 Å². The van der Waals surface area contributed by atoms with Crippen LogP contribution in [0.15, 0.2) is 30.3 Å². The maximum atomic E-state index is 10.5. The minimum atomic E-state index is -0.896. The highest BCUT2D eigenvalue weighted by atomic mass is 31.1. The molecule has 1 fully saturated rings. The second-order valence-corrected chi connectivity index (χ2v) is 5.53. The van der Waals surface area contributed by atoms with Gasteiger partial charge in [-0.15, -0.1) is 0 Å². The van der Waals surface area contributed by atoms with E-state index in [2.05, 4.69) is 0 Å². The molecule has 1 aromatic rings. The van der Waals surface area contributed by atoms with Crippen LogP contribution in [0.1, 0.15) is 18.9 Å². The van der Waals surface area contributed by atoms with Crippen LogP contribution in [-0.4, -0.2) is 29.8 Å². The predicted octanol–water partition coefficient (Wildman–Crippen LogP) is 2.61. The molecule has 0 aliphatic carbocycles. The summed E-state index contributed by atoms with van der Waals surface area (Å²) in [6.45, 7) is 2.46. The molecule has 0 spiro atoms. The molecule has 1 aliphatic heterocycles. The largest absolute Gasteiger partial charge is 0.368 e. The summed E-state index contributed by atoms with van der Waals surface area (Å²) in [5, 5.41) is 9.88. The lowest BCUT2D eigenvalue weighted by atomic mass is 9.99. The van der Waals surface area contributed by atoms with E-state index in [1.54, 1.807) is 0 Å². The lowest BCUT2D eigenvalue weighted by Crippen LogP contribution is -2.29. The van der Waals surface area contributed by atoms with E-state index in [0.717, 1.165) is 5.56 Å². The number of aliphatic hydroxyl groups excluding tert-OH is 1. The van der Waals surface area contributed by atoms with Crippen LogP contribution in [0.25, 0.3) is 0 Å². The van der Waals surface area contributed by atoms with E-state index in [1.807, 2.05) is 37.3 Å². The zero-order valence-electron chi connectivity index (χ0n) is 10.9. The van der Waals surface area contributed by atoms with Gasteiger partial charge in [0.25, 0.3) is 0 Å². The minimum absolute atomic E-state index is 0.0859. The Labute approximate surface area is 114 Å². The molecule has 5 heteroatoms. The first-order chi connectivity index (χ1) is 9.22. The van der Waals surface area contributed by atoms with Crippen LogP contribution in [0.5, 0.6) is 0 Å². The van der Waals surface area contributed by atoms with Crippen molar-refractivity contribution >= 4 is 8.46 Å². The van der Waals surface area contributed by atoms with Crippen molar-refractivity contribution in [3.8, 4) is 0 Å². The SMILES string of the molecule is C[C@@H]1[C@@H](CCP=O)OC(O)[C@@H]1OCc1ccccc1. The topological polar surface area (TPSA) is 55.8 Å². The van der Waals surface area contributed by atoms with Gasteiger partial charge < -0.3 is 14.6 Å². The molecular formula is C14H19O4P. The van der Waals surface area contributed by atoms with Crippen LogP contribution in [0, 0.1) is 5.92 Å². The smallest absolute Gasteiger partial charge is 0.181 e. The summed E-state index contributed by atoms with van der Waals surface area (Å²) in [7, 11) is 0.118. The molecule has 19 heavy (non-hydrogen) atoms. The van der Waals surface area contributed by atoms with Crippen molar-refractivity contribution in [1.82, 2.24) is 0 Å². The van der Waals surface area contributed by atoms with Gasteiger partial charge in [0.2, 0.25) is 0 Å². The molecule has 0 saturated carbocycles. The summed E-state index contributed by atoms with van der Waals surface area (Å²) in [5.41, 5.74) is 1.07. The van der Waals surface area contributed by atoms with E-state index in [1.165, 1.54) is 0 Å². The van der Waals surface area contributed by atoms with Crippen molar-refractivity contribution in [2.75, 3.05) is 6.16 Å². The summed E-state index contributed by atoms with van der Waals surface area (Å²) in [5.74, 6) is 0.0977. The molecular weight excluding hydrogens is 263 g/mol. The standard InChI is InChI=1S/C14H19O4P/c1-10-12(7-8-19-16)18-14(15)13(10)17-9-11-5-3-2-4-6-11/h2-6,10,12-15H,7-9H2,1H3/t10-,12-,13-,14?/m1/s1. The quantitative estimate of drug-likeness (QED) is 0.815. The molecule has 104 valence electrons. The Hall–Kier alpha value is -0.800. The maximum absolute atomic E-state index is 10.5. The van der Waals surface area contributed by atoms with Crippen molar-refractivity contribution < 1.29 is 19.1 Å². The molecule has 1 heterocycles. The molecule has 0 amide bonds. The number of benzene rings is 1. The molecule has 1 saturated heterocycles. The lowest BCUT2D eigenvalue weighted by molar-refractivity contribution is -0.145. The van der Waals surface area contributed by atoms with Gasteiger partial charge in [0, 0.05) is 12.1 Å². The van der Waals surface area contributed by atoms with E-state index >= 15 is 0 Å². The van der Waals surface area contributed by atoms with E-state index in [9.17, 15) is 9.67 Å². The Morgan fingerprint density at radius 1 is 1.37 bits per heavy atom. The third-order valence-corrected chi connectivity index (χ3v) is 3.93. The van der Waals surface area contributed by atoms with Crippen LogP contribution in [0.3, 0.4) is 0 Å². The van der Waals surface area contributed by atoms with Gasteiger partial charge in [-0.3, -0.25) is 4.57 Å². The highest BCUT2D eigenvalue weighted by molar-refractivity contribution is 7.23. The first-order valence-electron chi connectivity index (χ1n) is 6.50. The fourth-order valence-corrected chi connectivity index (χ4v) is 2.72. The molecule has 0 aromatic heterocycles. The number of rotatable bonds is 6. The maximum Gasteiger partial charge on any atom is 0.181 e. The average molecular weight is 282 g/mol. The van der Waals surface area contributed by atoms with Crippen molar-refractivity contribution in [3.05, 3.63) is 35.9 Å². The first-order valence-corrected chi connectivity index (χ1v) is 7.50. The monoisotopic (exact) mass is 282 g/mol. The average Bonchev–Trinajstić information content (AvgIpc) is 2.70. The molecule has 1 N–H and O–H groups in total. The Morgan fingerprint density at radius 3 is 2.79 bits per heavy atom. The fraction of sp³-hybridized carbons (Fsp3) is 0.571. The van der Waals surface area contributed by atoms with Gasteiger partial charge in [0.1, 0.15) is 6.10 Å². The summed E-state index contributed by atoms with van der Waals surface area (Å²) >= 11 is 0. The number of hydrogen-bond donors (Lipinski definition) is 1. The van der Waals surface area contributed by atoms with Gasteiger partial charge in [0.05, 0.1) is 12.7 Å². The second kappa shape index (κ2) is 7.11. The van der Waals surface area contributed by atoms with Crippen molar-refractivity contribution in [2.45, 2.75) is 38.4 Å². The summed E-state index contributed by atoms with van der Waals surface area (Å²) in [6, 6.07) is 9.85. The summed E-state index contributed by atoms with van der Waals surface area (Å²) in [6.07, 6.45) is -0.0838. The minimum Gasteiger partial charge on any atom is -0.368 e. The lowest BCUT2D eigenvalue weighted by Gasteiger charge is -2.19. The highest BCUT2D eigenvalue weighted by Crippen LogP contribution is 2.31. The highest BCUT2D eigenvalue weighted by Gasteiger charge is 2.41. The Kier molecular flexibility index (Phi) is 5.46. The molecule has 4 atom stereocenters.